The summed E-state index contributed by atoms with van der Waals surface area (Å²) in [5.74, 6) is 0.205. The number of rotatable bonds is 7. The SMILES string of the molecule is Cc1ccc(CNc2nccc(C(=O)NCCc3cccc(Cl)c3)n2)cc1. The molecule has 3 aromatic rings. The zero-order valence-corrected chi connectivity index (χ0v) is 15.8. The van der Waals surface area contributed by atoms with Gasteiger partial charge in [0.25, 0.3) is 5.91 Å². The van der Waals surface area contributed by atoms with Gasteiger partial charge in [0.15, 0.2) is 0 Å². The van der Waals surface area contributed by atoms with Gasteiger partial charge in [0, 0.05) is 24.3 Å². The maximum atomic E-state index is 12.3. The number of aryl methyl sites for hydroxylation is 1. The molecule has 0 saturated heterocycles. The molecule has 0 aliphatic carbocycles. The third kappa shape index (κ3) is 5.79. The molecule has 5 nitrogen and oxygen atoms in total. The monoisotopic (exact) mass is 380 g/mol. The van der Waals surface area contributed by atoms with Crippen LogP contribution in [0.4, 0.5) is 5.95 Å². The topological polar surface area (TPSA) is 66.9 Å². The van der Waals surface area contributed by atoms with E-state index in [0.717, 1.165) is 11.1 Å². The summed E-state index contributed by atoms with van der Waals surface area (Å²) < 4.78 is 0. The maximum absolute atomic E-state index is 12.3. The van der Waals surface area contributed by atoms with Gasteiger partial charge in [-0.25, -0.2) is 9.97 Å². The van der Waals surface area contributed by atoms with Crippen molar-refractivity contribution in [1.82, 2.24) is 15.3 Å². The van der Waals surface area contributed by atoms with Gasteiger partial charge in [0.2, 0.25) is 5.95 Å². The van der Waals surface area contributed by atoms with Crippen molar-refractivity contribution in [3.63, 3.8) is 0 Å². The van der Waals surface area contributed by atoms with Crippen LogP contribution in [-0.2, 0) is 13.0 Å². The van der Waals surface area contributed by atoms with Crippen LogP contribution in [0.1, 0.15) is 27.2 Å². The minimum atomic E-state index is -0.224. The van der Waals surface area contributed by atoms with Crippen molar-refractivity contribution in [2.75, 3.05) is 11.9 Å². The average molecular weight is 381 g/mol. The first kappa shape index (κ1) is 18.9. The molecule has 0 saturated carbocycles. The Bertz CT molecular complexity index is 912. The second-order valence-corrected chi connectivity index (χ2v) is 6.68. The van der Waals surface area contributed by atoms with Crippen LogP contribution in [0, 0.1) is 6.92 Å². The molecule has 6 heteroatoms. The molecule has 0 bridgehead atoms. The molecular weight excluding hydrogens is 360 g/mol. The predicted molar refractivity (Wildman–Crippen MR) is 108 cm³/mol. The Labute approximate surface area is 163 Å². The van der Waals surface area contributed by atoms with Crippen LogP contribution in [0.2, 0.25) is 5.02 Å². The highest BCUT2D eigenvalue weighted by Crippen LogP contribution is 2.11. The fourth-order valence-corrected chi connectivity index (χ4v) is 2.77. The number of aromatic nitrogens is 2. The number of carbonyl (C=O) groups excluding carboxylic acids is 1. The molecule has 3 rings (SSSR count). The summed E-state index contributed by atoms with van der Waals surface area (Å²) in [7, 11) is 0. The molecule has 0 aliphatic rings. The lowest BCUT2D eigenvalue weighted by Gasteiger charge is -2.08. The zero-order chi connectivity index (χ0) is 19.1. The minimum absolute atomic E-state index is 0.224. The lowest BCUT2D eigenvalue weighted by Crippen LogP contribution is -2.26. The quantitative estimate of drug-likeness (QED) is 0.649. The van der Waals surface area contributed by atoms with Crippen LogP contribution in [0.3, 0.4) is 0 Å². The average Bonchev–Trinajstić information content (AvgIpc) is 2.68. The smallest absolute Gasteiger partial charge is 0.270 e. The van der Waals surface area contributed by atoms with Gasteiger partial charge in [-0.05, 0) is 42.7 Å². The number of halogens is 1. The summed E-state index contributed by atoms with van der Waals surface area (Å²) in [6.07, 6.45) is 2.28. The fourth-order valence-electron chi connectivity index (χ4n) is 2.56. The number of hydrogen-bond acceptors (Lipinski definition) is 4. The molecule has 138 valence electrons. The van der Waals surface area contributed by atoms with E-state index in [-0.39, 0.29) is 5.91 Å². The van der Waals surface area contributed by atoms with Gasteiger partial charge in [-0.1, -0.05) is 53.6 Å². The van der Waals surface area contributed by atoms with Crippen LogP contribution in [0.25, 0.3) is 0 Å². The number of anilines is 1. The molecule has 27 heavy (non-hydrogen) atoms. The van der Waals surface area contributed by atoms with Gasteiger partial charge < -0.3 is 10.6 Å². The summed E-state index contributed by atoms with van der Waals surface area (Å²) >= 11 is 5.97. The van der Waals surface area contributed by atoms with Gasteiger partial charge in [0.1, 0.15) is 5.69 Å². The van der Waals surface area contributed by atoms with E-state index in [2.05, 4.69) is 51.8 Å². The Morgan fingerprint density at radius 1 is 1.07 bits per heavy atom. The second-order valence-electron chi connectivity index (χ2n) is 6.24. The summed E-state index contributed by atoms with van der Waals surface area (Å²) in [6.45, 7) is 3.16. The Morgan fingerprint density at radius 2 is 1.89 bits per heavy atom. The fraction of sp³-hybridized carbons (Fsp3) is 0.190. The molecule has 0 spiro atoms. The summed E-state index contributed by atoms with van der Waals surface area (Å²) in [5.41, 5.74) is 3.75. The molecule has 1 heterocycles. The number of hydrogen-bond donors (Lipinski definition) is 2. The van der Waals surface area contributed by atoms with E-state index in [9.17, 15) is 4.79 Å². The highest BCUT2D eigenvalue weighted by atomic mass is 35.5. The van der Waals surface area contributed by atoms with Gasteiger partial charge in [0.05, 0.1) is 0 Å². The molecule has 2 N–H and O–H groups in total. The summed E-state index contributed by atoms with van der Waals surface area (Å²) in [5, 5.41) is 6.71. The molecular formula is C21H21ClN4O. The Morgan fingerprint density at radius 3 is 2.67 bits per heavy atom. The first-order valence-electron chi connectivity index (χ1n) is 8.75. The lowest BCUT2D eigenvalue weighted by molar-refractivity contribution is 0.0949. The van der Waals surface area contributed by atoms with Crippen LogP contribution in [0.15, 0.2) is 60.8 Å². The van der Waals surface area contributed by atoms with E-state index >= 15 is 0 Å². The number of nitrogens with zero attached hydrogens (tertiary/aromatic N) is 2. The second kappa shape index (κ2) is 9.14. The van der Waals surface area contributed by atoms with Gasteiger partial charge in [-0.15, -0.1) is 0 Å². The van der Waals surface area contributed by atoms with Crippen molar-refractivity contribution in [2.45, 2.75) is 19.9 Å². The molecule has 0 radical (unpaired) electrons. The van der Waals surface area contributed by atoms with Crippen molar-refractivity contribution < 1.29 is 4.79 Å². The van der Waals surface area contributed by atoms with E-state index < -0.39 is 0 Å². The molecule has 2 aromatic carbocycles. The van der Waals surface area contributed by atoms with E-state index in [1.807, 2.05) is 24.3 Å². The van der Waals surface area contributed by atoms with Gasteiger partial charge in [-0.2, -0.15) is 0 Å². The number of benzene rings is 2. The third-order valence-electron chi connectivity index (χ3n) is 4.05. The molecule has 0 unspecified atom stereocenters. The van der Waals surface area contributed by atoms with Crippen molar-refractivity contribution in [1.29, 1.82) is 0 Å². The first-order chi connectivity index (χ1) is 13.1. The van der Waals surface area contributed by atoms with Gasteiger partial charge in [-0.3, -0.25) is 4.79 Å². The lowest BCUT2D eigenvalue weighted by atomic mass is 10.1. The highest BCUT2D eigenvalue weighted by Gasteiger charge is 2.08. The normalized spacial score (nSPS) is 10.4. The third-order valence-corrected chi connectivity index (χ3v) is 4.28. The van der Waals surface area contributed by atoms with E-state index in [1.54, 1.807) is 12.3 Å². The highest BCUT2D eigenvalue weighted by molar-refractivity contribution is 6.30. The van der Waals surface area contributed by atoms with Crippen molar-refractivity contribution >= 4 is 23.5 Å². The summed E-state index contributed by atoms with van der Waals surface area (Å²) in [6, 6.07) is 17.4. The van der Waals surface area contributed by atoms with E-state index in [1.165, 1.54) is 5.56 Å². The van der Waals surface area contributed by atoms with Gasteiger partial charge >= 0.3 is 0 Å². The van der Waals surface area contributed by atoms with Crippen LogP contribution < -0.4 is 10.6 Å². The van der Waals surface area contributed by atoms with E-state index in [4.69, 9.17) is 11.6 Å². The van der Waals surface area contributed by atoms with E-state index in [0.29, 0.717) is 36.2 Å². The van der Waals surface area contributed by atoms with Crippen LogP contribution >= 0.6 is 11.6 Å². The number of carbonyl (C=O) groups is 1. The molecule has 0 fully saturated rings. The Kier molecular flexibility index (Phi) is 6.39. The minimum Gasteiger partial charge on any atom is -0.350 e. The molecule has 1 amide bonds. The van der Waals surface area contributed by atoms with Crippen LogP contribution in [-0.4, -0.2) is 22.4 Å². The van der Waals surface area contributed by atoms with Crippen molar-refractivity contribution in [3.05, 3.63) is 88.2 Å². The first-order valence-corrected chi connectivity index (χ1v) is 9.13. The van der Waals surface area contributed by atoms with Crippen molar-refractivity contribution in [3.8, 4) is 0 Å². The van der Waals surface area contributed by atoms with Crippen LogP contribution in [0.5, 0.6) is 0 Å². The number of amides is 1. The standard InChI is InChI=1S/C21H21ClN4O/c1-15-5-7-17(8-6-15)14-25-21-24-12-10-19(26-21)20(27)23-11-9-16-3-2-4-18(22)13-16/h2-8,10,12-13H,9,11,14H2,1H3,(H,23,27)(H,24,25,26). The largest absolute Gasteiger partial charge is 0.350 e. The maximum Gasteiger partial charge on any atom is 0.270 e. The summed E-state index contributed by atoms with van der Waals surface area (Å²) in [4.78, 5) is 20.8. The number of nitrogens with one attached hydrogen (secondary N) is 2. The van der Waals surface area contributed by atoms with Crippen molar-refractivity contribution in [2.24, 2.45) is 0 Å². The predicted octanol–water partition coefficient (Wildman–Crippen LogP) is 4.02. The molecule has 1 aromatic heterocycles. The molecule has 0 atom stereocenters. The molecule has 0 aliphatic heterocycles. The zero-order valence-electron chi connectivity index (χ0n) is 15.1. The Balaban J connectivity index is 1.52. The Hall–Kier alpha value is -2.92.